The smallest absolute Gasteiger partial charge is 0.0630 e. The number of nitrogens with zero attached hydrogens (tertiary/aromatic N) is 2. The first-order valence-electron chi connectivity index (χ1n) is 17.5. The fraction of sp³-hybridized carbons (Fsp3) is 0.0417. The lowest BCUT2D eigenvalue weighted by Crippen LogP contribution is -2.28. The van der Waals surface area contributed by atoms with Crippen molar-refractivity contribution in [3.8, 4) is 5.69 Å². The molecule has 0 fully saturated rings. The van der Waals surface area contributed by atoms with Gasteiger partial charge in [-0.1, -0.05) is 133 Å². The Labute approximate surface area is 290 Å². The second-order valence-corrected chi connectivity index (χ2v) is 13.7. The number of anilines is 2. The van der Waals surface area contributed by atoms with E-state index in [4.69, 9.17) is 0 Å². The lowest BCUT2D eigenvalue weighted by molar-refractivity contribution is 0.747. The number of hydrogen-bond acceptors (Lipinski definition) is 1. The van der Waals surface area contributed by atoms with Crippen LogP contribution in [0.5, 0.6) is 0 Å². The minimum absolute atomic E-state index is 0.215. The maximum atomic E-state index is 2.54. The van der Waals surface area contributed by atoms with Gasteiger partial charge in [0.15, 0.2) is 0 Å². The van der Waals surface area contributed by atoms with Gasteiger partial charge in [0.2, 0.25) is 0 Å². The number of aromatic nitrogens is 1. The van der Waals surface area contributed by atoms with E-state index in [2.05, 4.69) is 191 Å². The Bertz CT molecular complexity index is 2900. The molecule has 2 heterocycles. The summed E-state index contributed by atoms with van der Waals surface area (Å²) in [4.78, 5) is 2.54. The van der Waals surface area contributed by atoms with Crippen molar-refractivity contribution in [2.75, 3.05) is 4.90 Å². The minimum Gasteiger partial charge on any atom is -0.333 e. The van der Waals surface area contributed by atoms with Crippen LogP contribution in [-0.4, -0.2) is 10.6 Å². The highest BCUT2D eigenvalue weighted by atomic mass is 15.2. The summed E-state index contributed by atoms with van der Waals surface area (Å²) < 4.78 is 2.42. The van der Waals surface area contributed by atoms with E-state index in [-0.39, 0.29) is 12.0 Å². The first kappa shape index (κ1) is 27.6. The van der Waals surface area contributed by atoms with Gasteiger partial charge in [-0.15, -0.1) is 0 Å². The van der Waals surface area contributed by atoms with Crippen molar-refractivity contribution in [2.45, 2.75) is 12.0 Å². The summed E-state index contributed by atoms with van der Waals surface area (Å²) in [5, 5.41) is 10.2. The van der Waals surface area contributed by atoms with Crippen LogP contribution >= 0.6 is 0 Å². The molecule has 1 aliphatic carbocycles. The van der Waals surface area contributed by atoms with Crippen LogP contribution < -0.4 is 4.90 Å². The average molecular weight is 637 g/mol. The van der Waals surface area contributed by atoms with Gasteiger partial charge in [-0.25, -0.2) is 0 Å². The van der Waals surface area contributed by atoms with Crippen molar-refractivity contribution < 1.29 is 0 Å². The zero-order valence-electron chi connectivity index (χ0n) is 27.4. The third-order valence-corrected chi connectivity index (χ3v) is 11.1. The van der Waals surface area contributed by atoms with Crippen molar-refractivity contribution in [1.82, 2.24) is 4.57 Å². The van der Waals surface area contributed by atoms with E-state index in [1.54, 1.807) is 0 Å². The molecule has 2 unspecified atom stereocenters. The molecule has 0 N–H and O–H groups in total. The fourth-order valence-corrected chi connectivity index (χ4v) is 8.74. The van der Waals surface area contributed by atoms with Gasteiger partial charge in [-0.05, 0) is 97.5 Å². The molecule has 11 rings (SSSR count). The second-order valence-electron chi connectivity index (χ2n) is 13.7. The molecule has 1 aliphatic heterocycles. The molecule has 2 aliphatic rings. The molecule has 8 aromatic carbocycles. The van der Waals surface area contributed by atoms with Gasteiger partial charge in [0.25, 0.3) is 0 Å². The van der Waals surface area contributed by atoms with Crippen molar-refractivity contribution in [1.29, 1.82) is 0 Å². The molecule has 0 saturated carbocycles. The van der Waals surface area contributed by atoms with E-state index in [1.165, 1.54) is 87.9 Å². The molecular formula is C48H32N2. The fourth-order valence-electron chi connectivity index (χ4n) is 8.74. The molecule has 50 heavy (non-hydrogen) atoms. The van der Waals surface area contributed by atoms with E-state index in [0.29, 0.717) is 0 Å². The van der Waals surface area contributed by atoms with Crippen molar-refractivity contribution in [2.24, 2.45) is 0 Å². The van der Waals surface area contributed by atoms with E-state index in [0.717, 1.165) is 0 Å². The molecule has 0 saturated heterocycles. The van der Waals surface area contributed by atoms with Crippen LogP contribution in [0.25, 0.3) is 65.4 Å². The largest absolute Gasteiger partial charge is 0.333 e. The van der Waals surface area contributed by atoms with E-state index in [1.807, 2.05) is 0 Å². The SMILES string of the molecule is C1=CC2C(C=C1c1ccc3c(c1)c1ccccc1n3-c1ccc3ccccc3c1)c1ccccc1N2c1ccc2c(ccc3ccccc32)c1. The number of allylic oxidation sites excluding steroid dienone is 2. The molecule has 0 spiro atoms. The zero-order chi connectivity index (χ0) is 32.8. The topological polar surface area (TPSA) is 8.17 Å². The molecule has 9 aromatic rings. The van der Waals surface area contributed by atoms with Gasteiger partial charge in [0, 0.05) is 33.8 Å². The number of para-hydroxylation sites is 2. The molecule has 0 radical (unpaired) electrons. The van der Waals surface area contributed by atoms with Crippen LogP contribution in [0.4, 0.5) is 11.4 Å². The molecule has 234 valence electrons. The summed E-state index contributed by atoms with van der Waals surface area (Å²) in [6, 6.07) is 60.6. The molecule has 1 aromatic heterocycles. The monoisotopic (exact) mass is 636 g/mol. The molecule has 2 heteroatoms. The van der Waals surface area contributed by atoms with Crippen LogP contribution in [0, 0.1) is 0 Å². The van der Waals surface area contributed by atoms with E-state index >= 15 is 0 Å². The van der Waals surface area contributed by atoms with Crippen molar-refractivity contribution in [3.63, 3.8) is 0 Å². The average Bonchev–Trinajstić information content (AvgIpc) is 3.69. The van der Waals surface area contributed by atoms with Gasteiger partial charge >= 0.3 is 0 Å². The van der Waals surface area contributed by atoms with Crippen LogP contribution in [-0.2, 0) is 0 Å². The molecule has 2 atom stereocenters. The third-order valence-electron chi connectivity index (χ3n) is 11.1. The Kier molecular flexibility index (Phi) is 5.82. The normalized spacial score (nSPS) is 16.8. The van der Waals surface area contributed by atoms with E-state index < -0.39 is 0 Å². The highest BCUT2D eigenvalue weighted by Gasteiger charge is 2.38. The molecular weight excluding hydrogens is 605 g/mol. The Morgan fingerprint density at radius 3 is 2.06 bits per heavy atom. The first-order valence-corrected chi connectivity index (χ1v) is 17.5. The van der Waals surface area contributed by atoms with Crippen LogP contribution in [0.3, 0.4) is 0 Å². The molecule has 0 amide bonds. The molecule has 2 nitrogen and oxygen atoms in total. The third kappa shape index (κ3) is 4.02. The number of fused-ring (bicyclic) bond motifs is 10. The summed E-state index contributed by atoms with van der Waals surface area (Å²) in [6.45, 7) is 0. The second kappa shape index (κ2) is 10.6. The highest BCUT2D eigenvalue weighted by Crippen LogP contribution is 2.50. The molecule has 0 bridgehead atoms. The van der Waals surface area contributed by atoms with Crippen molar-refractivity contribution in [3.05, 3.63) is 193 Å². The highest BCUT2D eigenvalue weighted by molar-refractivity contribution is 6.11. The summed E-state index contributed by atoms with van der Waals surface area (Å²) in [7, 11) is 0. The van der Waals surface area contributed by atoms with Gasteiger partial charge < -0.3 is 9.47 Å². The van der Waals surface area contributed by atoms with Crippen LogP contribution in [0.15, 0.2) is 182 Å². The predicted molar refractivity (Wildman–Crippen MR) is 212 cm³/mol. The quantitative estimate of drug-likeness (QED) is 0.175. The number of hydrogen-bond donors (Lipinski definition) is 0. The number of rotatable bonds is 3. The summed E-state index contributed by atoms with van der Waals surface area (Å²) in [5.74, 6) is 0.258. The lowest BCUT2D eigenvalue weighted by Gasteiger charge is -2.30. The van der Waals surface area contributed by atoms with Crippen LogP contribution in [0.1, 0.15) is 17.0 Å². The Balaban J connectivity index is 1.01. The summed E-state index contributed by atoms with van der Waals surface area (Å²) >= 11 is 0. The van der Waals surface area contributed by atoms with Gasteiger partial charge in [0.05, 0.1) is 17.1 Å². The predicted octanol–water partition coefficient (Wildman–Crippen LogP) is 12.5. The van der Waals surface area contributed by atoms with Gasteiger partial charge in [-0.3, -0.25) is 0 Å². The first-order chi connectivity index (χ1) is 24.8. The summed E-state index contributed by atoms with van der Waals surface area (Å²) in [6.07, 6.45) is 7.27. The lowest BCUT2D eigenvalue weighted by atomic mass is 9.86. The van der Waals surface area contributed by atoms with Crippen LogP contribution in [0.2, 0.25) is 0 Å². The Morgan fingerprint density at radius 2 is 1.12 bits per heavy atom. The maximum Gasteiger partial charge on any atom is 0.0630 e. The van der Waals surface area contributed by atoms with E-state index in [9.17, 15) is 0 Å². The number of benzene rings is 8. The Morgan fingerprint density at radius 1 is 0.440 bits per heavy atom. The maximum absolute atomic E-state index is 2.54. The van der Waals surface area contributed by atoms with Gasteiger partial charge in [0.1, 0.15) is 0 Å². The minimum atomic E-state index is 0.215. The zero-order valence-corrected chi connectivity index (χ0v) is 27.4. The summed E-state index contributed by atoms with van der Waals surface area (Å²) in [5.41, 5.74) is 10.1. The standard InChI is InChI=1S/C48H32N2/c1-2-11-33-27-37(22-19-31(33)9-1)49-45-15-7-5-13-41(45)43-29-34(20-25-47(43)49)35-21-26-48-44(30-35)42-14-6-8-16-46(42)50(48)38-23-24-40-36(28-38)18-17-32-10-3-4-12-39(32)40/h1-30,44,48H. The van der Waals surface area contributed by atoms with Crippen molar-refractivity contribution >= 4 is 71.1 Å². The Hall–Kier alpha value is -6.38. The van der Waals surface area contributed by atoms with Gasteiger partial charge in [-0.2, -0.15) is 0 Å².